The van der Waals surface area contributed by atoms with Crippen molar-refractivity contribution < 1.29 is 9.53 Å². The van der Waals surface area contributed by atoms with Crippen molar-refractivity contribution in [1.82, 2.24) is 9.78 Å². The van der Waals surface area contributed by atoms with E-state index in [2.05, 4.69) is 24.7 Å². The van der Waals surface area contributed by atoms with Crippen molar-refractivity contribution in [1.29, 1.82) is 0 Å². The van der Waals surface area contributed by atoms with Gasteiger partial charge in [-0.05, 0) is 18.0 Å². The highest BCUT2D eigenvalue weighted by Crippen LogP contribution is 2.24. The molecule has 2 rings (SSSR count). The van der Waals surface area contributed by atoms with Crippen molar-refractivity contribution in [3.63, 3.8) is 0 Å². The Morgan fingerprint density at radius 3 is 2.80 bits per heavy atom. The Balaban J connectivity index is 1.82. The van der Waals surface area contributed by atoms with Crippen molar-refractivity contribution in [3.8, 4) is 0 Å². The van der Waals surface area contributed by atoms with E-state index in [4.69, 9.17) is 4.74 Å². The fourth-order valence-corrected chi connectivity index (χ4v) is 2.87. The first-order chi connectivity index (χ1) is 9.44. The summed E-state index contributed by atoms with van der Waals surface area (Å²) in [5, 5.41) is 4.32. The average molecular weight is 292 g/mol. The predicted octanol–water partition coefficient (Wildman–Crippen LogP) is 3.33. The number of Topliss-reactive ketones (excluding diaryl/α,β-unsaturated/α-hetero) is 1. The number of hydrogen-bond acceptors (Lipinski definition) is 3. The number of aromatic nitrogens is 2. The second-order valence-electron chi connectivity index (χ2n) is 6.59. The number of carbonyl (C=O) groups is 1. The largest absolute Gasteiger partial charge is 0.360 e. The molecular weight excluding hydrogens is 268 g/mol. The van der Waals surface area contributed by atoms with E-state index in [1.54, 1.807) is 0 Å². The van der Waals surface area contributed by atoms with E-state index < -0.39 is 8.07 Å². The van der Waals surface area contributed by atoms with Crippen LogP contribution in [0, 0.1) is 0 Å². The molecule has 1 aliphatic carbocycles. The summed E-state index contributed by atoms with van der Waals surface area (Å²) in [6.45, 7) is 8.36. The second kappa shape index (κ2) is 6.50. The average Bonchev–Trinajstić information content (AvgIpc) is 2.83. The third-order valence-electron chi connectivity index (χ3n) is 3.47. The topological polar surface area (TPSA) is 44.1 Å². The Hall–Kier alpha value is -1.20. The molecule has 1 aromatic heterocycles. The Kier molecular flexibility index (Phi) is 4.94. The molecule has 1 heterocycles. The second-order valence-corrected chi connectivity index (χ2v) is 12.2. The highest BCUT2D eigenvalue weighted by molar-refractivity contribution is 6.76. The smallest absolute Gasteiger partial charge is 0.139 e. The maximum atomic E-state index is 11.2. The van der Waals surface area contributed by atoms with Crippen molar-refractivity contribution in [2.24, 2.45) is 0 Å². The molecule has 0 aromatic carbocycles. The van der Waals surface area contributed by atoms with E-state index in [1.807, 2.05) is 23.2 Å². The molecule has 0 saturated carbocycles. The predicted molar refractivity (Wildman–Crippen MR) is 83.2 cm³/mol. The normalized spacial score (nSPS) is 16.4. The van der Waals surface area contributed by atoms with Crippen LogP contribution in [0.4, 0.5) is 0 Å². The summed E-state index contributed by atoms with van der Waals surface area (Å²) in [5.41, 5.74) is 2.35. The summed E-state index contributed by atoms with van der Waals surface area (Å²) in [6.07, 6.45) is 7.96. The van der Waals surface area contributed by atoms with Crippen molar-refractivity contribution in [3.05, 3.63) is 24.0 Å². The van der Waals surface area contributed by atoms with E-state index in [0.717, 1.165) is 18.6 Å². The molecule has 4 nitrogen and oxygen atoms in total. The lowest BCUT2D eigenvalue weighted by Gasteiger charge is -2.15. The molecule has 0 saturated heterocycles. The highest BCUT2D eigenvalue weighted by atomic mass is 28.3. The first-order valence-corrected chi connectivity index (χ1v) is 11.0. The molecule has 0 fully saturated rings. The molecule has 5 heteroatoms. The summed E-state index contributed by atoms with van der Waals surface area (Å²) in [6, 6.07) is 1.17. The first kappa shape index (κ1) is 15.2. The van der Waals surface area contributed by atoms with Crippen LogP contribution in [0.1, 0.15) is 24.8 Å². The maximum Gasteiger partial charge on any atom is 0.139 e. The molecule has 0 radical (unpaired) electrons. The molecule has 0 atom stereocenters. The number of nitrogens with zero attached hydrogens (tertiary/aromatic N) is 2. The Morgan fingerprint density at radius 2 is 2.15 bits per heavy atom. The summed E-state index contributed by atoms with van der Waals surface area (Å²) < 4.78 is 7.51. The van der Waals surface area contributed by atoms with Gasteiger partial charge in [-0.25, -0.2) is 4.68 Å². The summed E-state index contributed by atoms with van der Waals surface area (Å²) in [4.78, 5) is 11.2. The lowest BCUT2D eigenvalue weighted by molar-refractivity contribution is -0.118. The number of ether oxygens (including phenoxy) is 1. The Bertz CT molecular complexity index is 500. The molecule has 0 N–H and O–H groups in total. The number of ketones is 1. The summed E-state index contributed by atoms with van der Waals surface area (Å²) in [7, 11) is -1.02. The van der Waals surface area contributed by atoms with Gasteiger partial charge in [0.25, 0.3) is 0 Å². The molecule has 0 bridgehead atoms. The summed E-state index contributed by atoms with van der Waals surface area (Å²) in [5.74, 6) is 0.329. The third kappa shape index (κ3) is 4.72. The summed E-state index contributed by atoms with van der Waals surface area (Å²) >= 11 is 0. The highest BCUT2D eigenvalue weighted by Gasteiger charge is 2.14. The van der Waals surface area contributed by atoms with Crippen LogP contribution >= 0.6 is 0 Å². The molecule has 110 valence electrons. The van der Waals surface area contributed by atoms with Gasteiger partial charge >= 0.3 is 0 Å². The van der Waals surface area contributed by atoms with Crippen molar-refractivity contribution in [2.75, 3.05) is 6.61 Å². The molecule has 1 aliphatic rings. The Labute approximate surface area is 121 Å². The van der Waals surface area contributed by atoms with Crippen LogP contribution in [-0.2, 0) is 16.3 Å². The van der Waals surface area contributed by atoms with Crippen LogP contribution in [0.15, 0.2) is 18.5 Å². The van der Waals surface area contributed by atoms with Gasteiger partial charge in [0.15, 0.2) is 0 Å². The van der Waals surface area contributed by atoms with Crippen LogP contribution in [0.5, 0.6) is 0 Å². The molecule has 20 heavy (non-hydrogen) atoms. The van der Waals surface area contributed by atoms with Gasteiger partial charge in [-0.15, -0.1) is 0 Å². The zero-order valence-corrected chi connectivity index (χ0v) is 13.7. The molecule has 0 spiro atoms. The van der Waals surface area contributed by atoms with Gasteiger partial charge in [0.1, 0.15) is 12.5 Å². The number of carbonyl (C=O) groups excluding carboxylic acids is 1. The van der Waals surface area contributed by atoms with Crippen LogP contribution in [0.3, 0.4) is 0 Å². The van der Waals surface area contributed by atoms with Gasteiger partial charge in [0.2, 0.25) is 0 Å². The van der Waals surface area contributed by atoms with E-state index in [-0.39, 0.29) is 0 Å². The van der Waals surface area contributed by atoms with Crippen LogP contribution in [-0.4, -0.2) is 30.2 Å². The maximum absolute atomic E-state index is 11.2. The fourth-order valence-electron chi connectivity index (χ4n) is 2.11. The van der Waals surface area contributed by atoms with Gasteiger partial charge < -0.3 is 4.74 Å². The number of allylic oxidation sites excluding steroid dienone is 2. The third-order valence-corrected chi connectivity index (χ3v) is 5.18. The SMILES string of the molecule is C[Si](C)(C)CCOCn1cc(C2=CCC(=O)CC2)cn1. The van der Waals surface area contributed by atoms with E-state index in [1.165, 1.54) is 11.6 Å². The van der Waals surface area contributed by atoms with Gasteiger partial charge in [0, 0.05) is 39.3 Å². The number of rotatable bonds is 6. The molecule has 0 aliphatic heterocycles. The standard InChI is InChI=1S/C15H24N2O2Si/c1-20(2,3)9-8-19-12-17-11-14(10-16-17)13-4-6-15(18)7-5-13/h4,10-11H,5-9,12H2,1-3H3. The Morgan fingerprint density at radius 1 is 1.35 bits per heavy atom. The molecule has 0 amide bonds. The monoisotopic (exact) mass is 292 g/mol. The van der Waals surface area contributed by atoms with E-state index in [0.29, 0.717) is 25.4 Å². The van der Waals surface area contributed by atoms with Crippen LogP contribution in [0.25, 0.3) is 5.57 Å². The number of hydrogen-bond donors (Lipinski definition) is 0. The lowest BCUT2D eigenvalue weighted by Crippen LogP contribution is -2.22. The quantitative estimate of drug-likeness (QED) is 0.596. The van der Waals surface area contributed by atoms with Crippen molar-refractivity contribution >= 4 is 19.4 Å². The van der Waals surface area contributed by atoms with Gasteiger partial charge in [-0.2, -0.15) is 5.10 Å². The van der Waals surface area contributed by atoms with Crippen molar-refractivity contribution in [2.45, 2.75) is 51.7 Å². The molecule has 1 aromatic rings. The van der Waals surface area contributed by atoms with Crippen LogP contribution in [0.2, 0.25) is 25.7 Å². The van der Waals surface area contributed by atoms with Crippen LogP contribution < -0.4 is 0 Å². The first-order valence-electron chi connectivity index (χ1n) is 7.25. The van der Waals surface area contributed by atoms with E-state index >= 15 is 0 Å². The minimum Gasteiger partial charge on any atom is -0.360 e. The zero-order valence-electron chi connectivity index (χ0n) is 12.7. The fraction of sp³-hybridized carbons (Fsp3) is 0.600. The lowest BCUT2D eigenvalue weighted by atomic mass is 9.95. The van der Waals surface area contributed by atoms with E-state index in [9.17, 15) is 4.79 Å². The zero-order chi connectivity index (χ0) is 14.6. The van der Waals surface area contributed by atoms with Gasteiger partial charge in [-0.3, -0.25) is 4.79 Å². The van der Waals surface area contributed by atoms with Gasteiger partial charge in [0.05, 0.1) is 6.20 Å². The minimum absolute atomic E-state index is 0.329. The minimum atomic E-state index is -1.02. The molecular formula is C15H24N2O2Si. The molecule has 0 unspecified atom stereocenters. The van der Waals surface area contributed by atoms with Gasteiger partial charge in [-0.1, -0.05) is 25.7 Å².